The summed E-state index contributed by atoms with van der Waals surface area (Å²) < 4.78 is 17.9. The van der Waals surface area contributed by atoms with E-state index in [1.54, 1.807) is 0 Å². The second kappa shape index (κ2) is 5.08. The molecule has 0 unspecified atom stereocenters. The van der Waals surface area contributed by atoms with Crippen molar-refractivity contribution in [3.63, 3.8) is 0 Å². The van der Waals surface area contributed by atoms with E-state index in [-0.39, 0.29) is 11.1 Å². The average molecular weight is 237 g/mol. The first-order valence-electron chi connectivity index (χ1n) is 3.72. The lowest BCUT2D eigenvalue weighted by Crippen LogP contribution is -1.93. The molecular formula is C9H7Cl2FO2. The van der Waals surface area contributed by atoms with Crippen LogP contribution >= 0.6 is 23.2 Å². The smallest absolute Gasteiger partial charge is 0.168 e. The lowest BCUT2D eigenvalue weighted by Gasteiger charge is -2.03. The molecule has 1 rings (SSSR count). The molecule has 0 radical (unpaired) electrons. The molecule has 1 aromatic rings. The molecule has 0 fully saturated rings. The molecule has 0 aliphatic rings. The van der Waals surface area contributed by atoms with Gasteiger partial charge in [0, 0.05) is 6.07 Å². The van der Waals surface area contributed by atoms with Crippen molar-refractivity contribution in [3.8, 4) is 11.5 Å². The molecular weight excluding hydrogens is 230 g/mol. The Balaban J connectivity index is 2.60. The first kappa shape index (κ1) is 11.1. The van der Waals surface area contributed by atoms with Gasteiger partial charge in [-0.1, -0.05) is 23.2 Å². The van der Waals surface area contributed by atoms with Gasteiger partial charge in [0.25, 0.3) is 0 Å². The fourth-order valence-electron chi connectivity index (χ4n) is 0.778. The zero-order valence-electron chi connectivity index (χ0n) is 7.01. The highest BCUT2D eigenvalue weighted by Gasteiger charge is 2.01. The summed E-state index contributed by atoms with van der Waals surface area (Å²) in [5.74, 6) is -0.849. The Labute approximate surface area is 90.5 Å². The highest BCUT2D eigenvalue weighted by Crippen LogP contribution is 2.21. The Morgan fingerprint density at radius 3 is 2.79 bits per heavy atom. The van der Waals surface area contributed by atoms with Gasteiger partial charge in [-0.3, -0.25) is 0 Å². The first-order chi connectivity index (χ1) is 6.59. The van der Waals surface area contributed by atoms with Crippen LogP contribution in [0.1, 0.15) is 0 Å². The number of rotatable bonds is 3. The van der Waals surface area contributed by atoms with Crippen LogP contribution < -0.4 is 4.74 Å². The number of hydrogen-bond donors (Lipinski definition) is 1. The number of benzene rings is 1. The number of aromatic hydroxyl groups is 1. The fraction of sp³-hybridized carbons (Fsp3) is 0.111. The zero-order valence-corrected chi connectivity index (χ0v) is 8.52. The third-order valence-corrected chi connectivity index (χ3v) is 1.72. The zero-order chi connectivity index (χ0) is 10.6. The molecule has 0 bridgehead atoms. The molecule has 5 heteroatoms. The van der Waals surface area contributed by atoms with Gasteiger partial charge < -0.3 is 9.84 Å². The van der Waals surface area contributed by atoms with Gasteiger partial charge >= 0.3 is 0 Å². The highest BCUT2D eigenvalue weighted by molar-refractivity contribution is 6.55. The van der Waals surface area contributed by atoms with E-state index in [0.717, 1.165) is 6.07 Å². The molecule has 1 N–H and O–H groups in total. The maximum Gasteiger partial charge on any atom is 0.168 e. The molecule has 2 nitrogen and oxygen atoms in total. The van der Waals surface area contributed by atoms with Gasteiger partial charge in [0.1, 0.15) is 16.8 Å². The van der Waals surface area contributed by atoms with Crippen LogP contribution in [0, 0.1) is 5.82 Å². The Bertz CT molecular complexity index is 349. The summed E-state index contributed by atoms with van der Waals surface area (Å²) in [5.41, 5.74) is 0. The van der Waals surface area contributed by atoms with Crippen LogP contribution in [-0.2, 0) is 0 Å². The molecule has 76 valence electrons. The number of ether oxygens (including phenoxy) is 1. The second-order valence-corrected chi connectivity index (χ2v) is 3.43. The fourth-order valence-corrected chi connectivity index (χ4v) is 0.904. The summed E-state index contributed by atoms with van der Waals surface area (Å²) in [6, 6.07) is 3.72. The molecule has 0 heterocycles. The van der Waals surface area contributed by atoms with E-state index in [4.69, 9.17) is 33.0 Å². The molecule has 0 amide bonds. The molecule has 0 spiro atoms. The van der Waals surface area contributed by atoms with E-state index in [1.165, 1.54) is 18.2 Å². The minimum Gasteiger partial charge on any atom is -0.505 e. The van der Waals surface area contributed by atoms with E-state index in [9.17, 15) is 4.39 Å². The Morgan fingerprint density at radius 1 is 1.50 bits per heavy atom. The Morgan fingerprint density at radius 2 is 2.21 bits per heavy atom. The lowest BCUT2D eigenvalue weighted by atomic mass is 10.3. The van der Waals surface area contributed by atoms with E-state index in [1.807, 2.05) is 0 Å². The summed E-state index contributed by atoms with van der Waals surface area (Å²) in [5, 5.41) is 8.87. The topological polar surface area (TPSA) is 29.5 Å². The van der Waals surface area contributed by atoms with E-state index in [2.05, 4.69) is 0 Å². The van der Waals surface area contributed by atoms with Crippen molar-refractivity contribution in [1.82, 2.24) is 0 Å². The maximum atomic E-state index is 12.8. The van der Waals surface area contributed by atoms with Gasteiger partial charge in [0.15, 0.2) is 11.6 Å². The minimum atomic E-state index is -0.733. The van der Waals surface area contributed by atoms with Crippen LogP contribution in [0.15, 0.2) is 28.8 Å². The predicted octanol–water partition coefficient (Wildman–Crippen LogP) is 3.23. The van der Waals surface area contributed by atoms with Crippen molar-refractivity contribution < 1.29 is 14.2 Å². The summed E-state index contributed by atoms with van der Waals surface area (Å²) in [4.78, 5) is 0. The molecule has 0 saturated carbocycles. The van der Waals surface area contributed by atoms with Crippen LogP contribution in [0.25, 0.3) is 0 Å². The van der Waals surface area contributed by atoms with Gasteiger partial charge in [0.05, 0.1) is 0 Å². The summed E-state index contributed by atoms with van der Waals surface area (Å²) in [6.07, 6.45) is 1.42. The molecule has 1 aromatic carbocycles. The summed E-state index contributed by atoms with van der Waals surface area (Å²) >= 11 is 10.7. The monoisotopic (exact) mass is 236 g/mol. The van der Waals surface area contributed by atoms with Crippen molar-refractivity contribution in [1.29, 1.82) is 0 Å². The molecule has 14 heavy (non-hydrogen) atoms. The van der Waals surface area contributed by atoms with Crippen LogP contribution in [0.2, 0.25) is 0 Å². The van der Waals surface area contributed by atoms with Crippen molar-refractivity contribution in [3.05, 3.63) is 34.6 Å². The Hall–Kier alpha value is -0.930. The maximum absolute atomic E-state index is 12.8. The second-order valence-electron chi connectivity index (χ2n) is 2.42. The SMILES string of the molecule is Oc1ccc(OCC=C(Cl)Cl)cc1F. The normalized spacial score (nSPS) is 9.64. The van der Waals surface area contributed by atoms with Crippen LogP contribution in [0.4, 0.5) is 4.39 Å². The van der Waals surface area contributed by atoms with E-state index in [0.29, 0.717) is 5.75 Å². The third kappa shape index (κ3) is 3.44. The Kier molecular flexibility index (Phi) is 4.04. The number of phenolic OH excluding ortho intramolecular Hbond substituents is 1. The number of hydrogen-bond acceptors (Lipinski definition) is 2. The van der Waals surface area contributed by atoms with Crippen molar-refractivity contribution >= 4 is 23.2 Å². The first-order valence-corrected chi connectivity index (χ1v) is 4.47. The van der Waals surface area contributed by atoms with Gasteiger partial charge in [-0.15, -0.1) is 0 Å². The average Bonchev–Trinajstić information content (AvgIpc) is 2.10. The molecule has 0 aliphatic carbocycles. The summed E-state index contributed by atoms with van der Waals surface area (Å²) in [7, 11) is 0. The van der Waals surface area contributed by atoms with Crippen molar-refractivity contribution in [2.75, 3.05) is 6.61 Å². The molecule has 0 atom stereocenters. The van der Waals surface area contributed by atoms with Crippen LogP contribution in [-0.4, -0.2) is 11.7 Å². The van der Waals surface area contributed by atoms with Gasteiger partial charge in [-0.25, -0.2) is 4.39 Å². The molecule has 0 aliphatic heterocycles. The predicted molar refractivity (Wildman–Crippen MR) is 53.3 cm³/mol. The third-order valence-electron chi connectivity index (χ3n) is 1.41. The number of halogens is 3. The van der Waals surface area contributed by atoms with E-state index >= 15 is 0 Å². The standard InChI is InChI=1S/C9H7Cl2FO2/c10-9(11)3-4-14-6-1-2-8(13)7(12)5-6/h1-3,5,13H,4H2. The van der Waals surface area contributed by atoms with Crippen molar-refractivity contribution in [2.24, 2.45) is 0 Å². The largest absolute Gasteiger partial charge is 0.505 e. The quantitative estimate of drug-likeness (QED) is 0.874. The molecule has 0 aromatic heterocycles. The highest BCUT2D eigenvalue weighted by atomic mass is 35.5. The van der Waals surface area contributed by atoms with Crippen LogP contribution in [0.3, 0.4) is 0 Å². The van der Waals surface area contributed by atoms with Gasteiger partial charge in [0.2, 0.25) is 0 Å². The molecule has 0 saturated heterocycles. The van der Waals surface area contributed by atoms with Crippen LogP contribution in [0.5, 0.6) is 11.5 Å². The van der Waals surface area contributed by atoms with E-state index < -0.39 is 11.6 Å². The minimum absolute atomic E-state index is 0.0873. The van der Waals surface area contributed by atoms with Gasteiger partial charge in [-0.2, -0.15) is 0 Å². The lowest BCUT2D eigenvalue weighted by molar-refractivity contribution is 0.356. The van der Waals surface area contributed by atoms with Crippen molar-refractivity contribution in [2.45, 2.75) is 0 Å². The van der Waals surface area contributed by atoms with Gasteiger partial charge in [-0.05, 0) is 18.2 Å². The summed E-state index contributed by atoms with van der Waals surface area (Å²) in [6.45, 7) is 0.145. The number of phenols is 1.